The van der Waals surface area contributed by atoms with Gasteiger partial charge in [-0.2, -0.15) is 0 Å². The summed E-state index contributed by atoms with van der Waals surface area (Å²) in [5.74, 6) is 1.24. The van der Waals surface area contributed by atoms with Crippen LogP contribution in [0.5, 0.6) is 11.6 Å². The van der Waals surface area contributed by atoms with Crippen LogP contribution in [0.3, 0.4) is 0 Å². The molecule has 1 aromatic carbocycles. The quantitative estimate of drug-likeness (QED) is 0.833. The molecular weight excluding hydrogens is 361 g/mol. The molecule has 1 aromatic heterocycles. The van der Waals surface area contributed by atoms with Crippen molar-refractivity contribution in [1.82, 2.24) is 10.3 Å². The number of nitrogens with zero attached hydrogens (tertiary/aromatic N) is 1. The lowest BCUT2D eigenvalue weighted by Gasteiger charge is -2.22. The van der Waals surface area contributed by atoms with Crippen LogP contribution in [0.25, 0.3) is 0 Å². The molecule has 0 spiro atoms. The van der Waals surface area contributed by atoms with Crippen LogP contribution < -0.4 is 15.4 Å². The summed E-state index contributed by atoms with van der Waals surface area (Å²) in [6, 6.07) is 11.2. The van der Waals surface area contributed by atoms with Crippen molar-refractivity contribution in [2.24, 2.45) is 0 Å². The fourth-order valence-electron chi connectivity index (χ4n) is 2.55. The average molecular weight is 384 g/mol. The molecule has 1 saturated heterocycles. The van der Waals surface area contributed by atoms with Gasteiger partial charge in [0.05, 0.1) is 17.9 Å². The number of amides is 1. The van der Waals surface area contributed by atoms with Crippen LogP contribution in [0.2, 0.25) is 0 Å². The summed E-state index contributed by atoms with van der Waals surface area (Å²) >= 11 is 0. The summed E-state index contributed by atoms with van der Waals surface area (Å²) in [5.41, 5.74) is 1.86. The number of aromatic nitrogens is 1. The van der Waals surface area contributed by atoms with E-state index in [1.165, 1.54) is 5.56 Å². The van der Waals surface area contributed by atoms with Crippen LogP contribution in [-0.4, -0.2) is 23.5 Å². The molecule has 0 saturated carbocycles. The summed E-state index contributed by atoms with van der Waals surface area (Å²) in [4.78, 5) is 16.4. The van der Waals surface area contributed by atoms with E-state index in [-0.39, 0.29) is 36.8 Å². The highest BCUT2D eigenvalue weighted by Crippen LogP contribution is 2.21. The minimum Gasteiger partial charge on any atom is -0.439 e. The second-order valence-corrected chi connectivity index (χ2v) is 5.79. The average Bonchev–Trinajstić information content (AvgIpc) is 2.59. The van der Waals surface area contributed by atoms with Gasteiger partial charge in [-0.05, 0) is 44.5 Å². The van der Waals surface area contributed by atoms with Crippen LogP contribution in [0.4, 0.5) is 5.69 Å². The van der Waals surface area contributed by atoms with Gasteiger partial charge >= 0.3 is 0 Å². The van der Waals surface area contributed by atoms with Crippen LogP contribution in [-0.2, 0) is 4.79 Å². The van der Waals surface area contributed by atoms with Gasteiger partial charge in [-0.15, -0.1) is 24.8 Å². The molecule has 1 aliphatic heterocycles. The second-order valence-electron chi connectivity index (χ2n) is 5.79. The molecule has 2 aromatic rings. The van der Waals surface area contributed by atoms with E-state index < -0.39 is 0 Å². The number of nitrogens with one attached hydrogen (secondary N) is 2. The standard InChI is InChI=1S/C18H21N3O2.2ClH/c1-13-5-8-15(9-6-13)23-17-10-7-14(12-20-17)21-18(22)16-4-2-3-11-19-16;;/h5-10,12,16,19H,2-4,11H2,1H3,(H,21,22);2*1H/t16-;;/m1../s1. The molecule has 1 aliphatic rings. The Morgan fingerprint density at radius 2 is 1.92 bits per heavy atom. The third-order valence-corrected chi connectivity index (χ3v) is 3.87. The van der Waals surface area contributed by atoms with E-state index >= 15 is 0 Å². The Hall–Kier alpha value is -1.82. The van der Waals surface area contributed by atoms with Crippen molar-refractivity contribution in [3.05, 3.63) is 48.2 Å². The molecule has 0 unspecified atom stereocenters. The van der Waals surface area contributed by atoms with Crippen molar-refractivity contribution in [3.8, 4) is 11.6 Å². The highest BCUT2D eigenvalue weighted by molar-refractivity contribution is 5.94. The number of hydrogen-bond acceptors (Lipinski definition) is 4. The van der Waals surface area contributed by atoms with E-state index in [0.717, 1.165) is 31.6 Å². The number of piperidine rings is 1. The fraction of sp³-hybridized carbons (Fsp3) is 0.333. The van der Waals surface area contributed by atoms with Crippen molar-refractivity contribution in [2.75, 3.05) is 11.9 Å². The first kappa shape index (κ1) is 21.2. The minimum atomic E-state index is -0.104. The summed E-state index contributed by atoms with van der Waals surface area (Å²) < 4.78 is 5.67. The molecule has 3 rings (SSSR count). The fourth-order valence-corrected chi connectivity index (χ4v) is 2.55. The zero-order valence-corrected chi connectivity index (χ0v) is 15.7. The van der Waals surface area contributed by atoms with Gasteiger partial charge in [-0.1, -0.05) is 24.1 Å². The first-order valence-corrected chi connectivity index (χ1v) is 7.95. The molecular formula is C18H23Cl2N3O2. The number of benzene rings is 1. The van der Waals surface area contributed by atoms with Gasteiger partial charge in [0.2, 0.25) is 11.8 Å². The SMILES string of the molecule is Cc1ccc(Oc2ccc(NC(=O)[C@H]3CCCCN3)cn2)cc1.Cl.Cl. The van der Waals surface area contributed by atoms with Gasteiger partial charge in [0, 0.05) is 6.07 Å². The Kier molecular flexibility index (Phi) is 8.69. The van der Waals surface area contributed by atoms with E-state index in [0.29, 0.717) is 11.6 Å². The van der Waals surface area contributed by atoms with Crippen LogP contribution in [0.15, 0.2) is 42.6 Å². The van der Waals surface area contributed by atoms with Crippen LogP contribution >= 0.6 is 24.8 Å². The Labute approximate surface area is 160 Å². The third kappa shape index (κ3) is 6.20. The molecule has 0 aliphatic carbocycles. The highest BCUT2D eigenvalue weighted by Gasteiger charge is 2.20. The predicted molar refractivity (Wildman–Crippen MR) is 104 cm³/mol. The zero-order valence-electron chi connectivity index (χ0n) is 14.0. The number of anilines is 1. The Balaban J connectivity index is 0.00000156. The maximum Gasteiger partial charge on any atom is 0.241 e. The molecule has 1 atom stereocenters. The Morgan fingerprint density at radius 1 is 1.16 bits per heavy atom. The first-order chi connectivity index (χ1) is 11.2. The molecule has 2 N–H and O–H groups in total. The first-order valence-electron chi connectivity index (χ1n) is 7.95. The zero-order chi connectivity index (χ0) is 16.1. The van der Waals surface area contributed by atoms with Crippen molar-refractivity contribution in [2.45, 2.75) is 32.2 Å². The van der Waals surface area contributed by atoms with Gasteiger partial charge in [0.25, 0.3) is 0 Å². The molecule has 1 fully saturated rings. The number of aryl methyl sites for hydroxylation is 1. The molecule has 7 heteroatoms. The highest BCUT2D eigenvalue weighted by atomic mass is 35.5. The van der Waals surface area contributed by atoms with Gasteiger partial charge in [0.15, 0.2) is 0 Å². The van der Waals surface area contributed by atoms with Crippen LogP contribution in [0.1, 0.15) is 24.8 Å². The van der Waals surface area contributed by atoms with Crippen LogP contribution in [0, 0.1) is 6.92 Å². The molecule has 2 heterocycles. The number of pyridine rings is 1. The predicted octanol–water partition coefficient (Wildman–Crippen LogP) is 4.11. The van der Waals surface area contributed by atoms with Gasteiger partial charge in [-0.25, -0.2) is 4.98 Å². The van der Waals surface area contributed by atoms with Crippen molar-refractivity contribution < 1.29 is 9.53 Å². The Bertz CT molecular complexity index is 657. The third-order valence-electron chi connectivity index (χ3n) is 3.87. The number of ether oxygens (including phenoxy) is 1. The normalized spacial score (nSPS) is 16.1. The molecule has 136 valence electrons. The lowest BCUT2D eigenvalue weighted by atomic mass is 10.0. The lowest BCUT2D eigenvalue weighted by molar-refractivity contribution is -0.118. The molecule has 0 bridgehead atoms. The van der Waals surface area contributed by atoms with Gasteiger partial charge < -0.3 is 15.4 Å². The molecule has 0 radical (unpaired) electrons. The monoisotopic (exact) mass is 383 g/mol. The topological polar surface area (TPSA) is 63.2 Å². The number of rotatable bonds is 4. The minimum absolute atomic E-state index is 0. The number of halogens is 2. The van der Waals surface area contributed by atoms with E-state index in [2.05, 4.69) is 15.6 Å². The second kappa shape index (κ2) is 10.2. The van der Waals surface area contributed by atoms with Gasteiger partial charge in [0.1, 0.15) is 5.75 Å². The summed E-state index contributed by atoms with van der Waals surface area (Å²) in [7, 11) is 0. The number of carbonyl (C=O) groups is 1. The Morgan fingerprint density at radius 3 is 2.52 bits per heavy atom. The number of hydrogen-bond donors (Lipinski definition) is 2. The number of carbonyl (C=O) groups excluding carboxylic acids is 1. The van der Waals surface area contributed by atoms with Crippen molar-refractivity contribution in [1.29, 1.82) is 0 Å². The maximum absolute atomic E-state index is 12.1. The summed E-state index contributed by atoms with van der Waals surface area (Å²) in [6.07, 6.45) is 4.72. The van der Waals surface area contributed by atoms with E-state index in [4.69, 9.17) is 4.74 Å². The summed E-state index contributed by atoms with van der Waals surface area (Å²) in [5, 5.41) is 6.12. The van der Waals surface area contributed by atoms with Gasteiger partial charge in [-0.3, -0.25) is 4.79 Å². The molecule has 1 amide bonds. The van der Waals surface area contributed by atoms with E-state index in [9.17, 15) is 4.79 Å². The van der Waals surface area contributed by atoms with E-state index in [1.807, 2.05) is 31.2 Å². The molecule has 5 nitrogen and oxygen atoms in total. The molecule has 25 heavy (non-hydrogen) atoms. The van der Waals surface area contributed by atoms with Crippen molar-refractivity contribution >= 4 is 36.4 Å². The largest absolute Gasteiger partial charge is 0.439 e. The lowest BCUT2D eigenvalue weighted by Crippen LogP contribution is -2.43. The summed E-state index contributed by atoms with van der Waals surface area (Å²) in [6.45, 7) is 2.93. The smallest absolute Gasteiger partial charge is 0.241 e. The van der Waals surface area contributed by atoms with E-state index in [1.54, 1.807) is 18.3 Å². The van der Waals surface area contributed by atoms with Crippen molar-refractivity contribution in [3.63, 3.8) is 0 Å². The maximum atomic E-state index is 12.1.